The van der Waals surface area contributed by atoms with Crippen molar-refractivity contribution in [2.45, 2.75) is 12.5 Å². The second kappa shape index (κ2) is 5.66. The summed E-state index contributed by atoms with van der Waals surface area (Å²) in [5, 5.41) is 3.05. The average Bonchev–Trinajstić information content (AvgIpc) is 2.50. The van der Waals surface area contributed by atoms with Crippen molar-refractivity contribution in [3.8, 4) is 0 Å². The van der Waals surface area contributed by atoms with E-state index in [0.29, 0.717) is 6.54 Å². The molecule has 1 aliphatic heterocycles. The van der Waals surface area contributed by atoms with E-state index < -0.39 is 29.0 Å². The second-order valence-electron chi connectivity index (χ2n) is 4.92. The number of benzene rings is 2. The van der Waals surface area contributed by atoms with Crippen LogP contribution in [0.2, 0.25) is 0 Å². The highest BCUT2D eigenvalue weighted by Gasteiger charge is 2.31. The third-order valence-corrected chi connectivity index (χ3v) is 4.27. The van der Waals surface area contributed by atoms with Crippen LogP contribution in [0.15, 0.2) is 40.9 Å². The molecule has 2 aromatic rings. The number of carbonyl (C=O) groups is 1. The van der Waals surface area contributed by atoms with E-state index in [4.69, 9.17) is 0 Å². The summed E-state index contributed by atoms with van der Waals surface area (Å²) in [6.07, 6.45) is 0.795. The van der Waals surface area contributed by atoms with Crippen molar-refractivity contribution >= 4 is 21.7 Å². The third-order valence-electron chi connectivity index (χ3n) is 3.66. The van der Waals surface area contributed by atoms with Crippen molar-refractivity contribution in [3.63, 3.8) is 0 Å². The minimum Gasteiger partial charge on any atom is -0.303 e. The number of rotatable bonds is 2. The summed E-state index contributed by atoms with van der Waals surface area (Å²) in [6, 6.07) is 9.10. The maximum absolute atomic E-state index is 14.1. The first kappa shape index (κ1) is 14.4. The molecule has 0 saturated heterocycles. The van der Waals surface area contributed by atoms with E-state index in [1.54, 1.807) is 0 Å². The molecule has 2 nitrogen and oxygen atoms in total. The molecule has 108 valence electrons. The number of ketones is 1. The molecule has 0 spiro atoms. The lowest BCUT2D eigenvalue weighted by Gasteiger charge is -2.26. The Labute approximate surface area is 129 Å². The number of halogens is 3. The fraction of sp³-hybridized carbons (Fsp3) is 0.188. The summed E-state index contributed by atoms with van der Waals surface area (Å²) in [6.45, 7) is 0.602. The molecule has 0 saturated carbocycles. The van der Waals surface area contributed by atoms with E-state index in [9.17, 15) is 13.6 Å². The molecular formula is C16H12BrF2NO. The Bertz CT molecular complexity index is 717. The lowest BCUT2D eigenvalue weighted by atomic mass is 9.89. The Morgan fingerprint density at radius 2 is 1.95 bits per heavy atom. The Morgan fingerprint density at radius 1 is 1.19 bits per heavy atom. The van der Waals surface area contributed by atoms with Gasteiger partial charge in [0.2, 0.25) is 0 Å². The van der Waals surface area contributed by atoms with Gasteiger partial charge in [-0.1, -0.05) is 24.3 Å². The summed E-state index contributed by atoms with van der Waals surface area (Å²) in [5.74, 6) is -2.28. The van der Waals surface area contributed by atoms with Gasteiger partial charge in [-0.15, -0.1) is 0 Å². The van der Waals surface area contributed by atoms with E-state index >= 15 is 0 Å². The first-order valence-corrected chi connectivity index (χ1v) is 7.38. The van der Waals surface area contributed by atoms with Crippen LogP contribution >= 0.6 is 15.9 Å². The summed E-state index contributed by atoms with van der Waals surface area (Å²) in [5.41, 5.74) is 1.32. The molecule has 0 radical (unpaired) electrons. The predicted molar refractivity (Wildman–Crippen MR) is 79.3 cm³/mol. The highest BCUT2D eigenvalue weighted by Crippen LogP contribution is 2.29. The molecule has 5 heteroatoms. The predicted octanol–water partition coefficient (Wildman–Crippen LogP) is 3.80. The molecule has 0 aromatic heterocycles. The summed E-state index contributed by atoms with van der Waals surface area (Å²) in [4.78, 5) is 12.6. The Hall–Kier alpha value is -1.59. The molecule has 0 aliphatic carbocycles. The van der Waals surface area contributed by atoms with Crippen molar-refractivity contribution < 1.29 is 13.6 Å². The van der Waals surface area contributed by atoms with E-state index in [-0.39, 0.29) is 4.47 Å². The summed E-state index contributed by atoms with van der Waals surface area (Å²) >= 11 is 2.99. The molecule has 2 aromatic carbocycles. The number of carbonyl (C=O) groups excluding carboxylic acids is 1. The molecule has 0 bridgehead atoms. The van der Waals surface area contributed by atoms with E-state index in [1.807, 2.05) is 24.3 Å². The molecule has 1 aliphatic rings. The number of nitrogens with one attached hydrogen (secondary N) is 1. The highest BCUT2D eigenvalue weighted by atomic mass is 79.9. The van der Waals surface area contributed by atoms with Crippen LogP contribution < -0.4 is 5.32 Å². The van der Waals surface area contributed by atoms with Crippen LogP contribution in [-0.4, -0.2) is 12.3 Å². The van der Waals surface area contributed by atoms with Crippen molar-refractivity contribution in [2.24, 2.45) is 0 Å². The Morgan fingerprint density at radius 3 is 2.76 bits per heavy atom. The molecule has 1 heterocycles. The first-order chi connectivity index (χ1) is 10.1. The Balaban J connectivity index is 2.07. The second-order valence-corrected chi connectivity index (χ2v) is 5.77. The zero-order valence-electron chi connectivity index (χ0n) is 11.0. The maximum atomic E-state index is 14.1. The molecule has 1 atom stereocenters. The fourth-order valence-electron chi connectivity index (χ4n) is 2.64. The maximum Gasteiger partial charge on any atom is 0.190 e. The SMILES string of the molecule is O=C(c1c(F)ccc(Br)c1F)C1NCCc2ccccc21. The molecule has 3 rings (SSSR count). The van der Waals surface area contributed by atoms with Crippen LogP contribution in [0.1, 0.15) is 27.5 Å². The van der Waals surface area contributed by atoms with Crippen molar-refractivity contribution in [2.75, 3.05) is 6.54 Å². The van der Waals surface area contributed by atoms with Crippen molar-refractivity contribution in [1.82, 2.24) is 5.32 Å². The van der Waals surface area contributed by atoms with Crippen LogP contribution in [-0.2, 0) is 6.42 Å². The van der Waals surface area contributed by atoms with Gasteiger partial charge in [-0.25, -0.2) is 8.78 Å². The van der Waals surface area contributed by atoms with E-state index in [2.05, 4.69) is 21.2 Å². The van der Waals surface area contributed by atoms with Gasteiger partial charge < -0.3 is 5.32 Å². The normalized spacial score (nSPS) is 17.4. The summed E-state index contributed by atoms with van der Waals surface area (Å²) in [7, 11) is 0. The van der Waals surface area contributed by atoms with Crippen LogP contribution in [0.3, 0.4) is 0 Å². The van der Waals surface area contributed by atoms with Crippen LogP contribution in [0.25, 0.3) is 0 Å². The largest absolute Gasteiger partial charge is 0.303 e. The third kappa shape index (κ3) is 2.51. The van der Waals surface area contributed by atoms with Gasteiger partial charge in [0, 0.05) is 6.54 Å². The average molecular weight is 352 g/mol. The summed E-state index contributed by atoms with van der Waals surface area (Å²) < 4.78 is 28.1. The molecule has 0 fully saturated rings. The fourth-order valence-corrected chi connectivity index (χ4v) is 2.97. The van der Waals surface area contributed by atoms with Gasteiger partial charge in [0.1, 0.15) is 5.82 Å². The number of Topliss-reactive ketones (excluding diaryl/α,β-unsaturated/α-hetero) is 1. The van der Waals surface area contributed by atoms with Crippen LogP contribution in [0, 0.1) is 11.6 Å². The van der Waals surface area contributed by atoms with Gasteiger partial charge in [-0.05, 0) is 45.6 Å². The quantitative estimate of drug-likeness (QED) is 0.658. The standard InChI is InChI=1S/C16H12BrF2NO/c17-11-5-6-12(18)13(14(11)19)16(21)15-10-4-2-1-3-9(10)7-8-20-15/h1-6,15,20H,7-8H2. The minimum absolute atomic E-state index is 0.0799. The van der Waals surface area contributed by atoms with Gasteiger partial charge >= 0.3 is 0 Å². The van der Waals surface area contributed by atoms with Gasteiger partial charge in [0.25, 0.3) is 0 Å². The number of hydrogen-bond donors (Lipinski definition) is 1. The minimum atomic E-state index is -0.857. The van der Waals surface area contributed by atoms with Crippen LogP contribution in [0.4, 0.5) is 8.78 Å². The van der Waals surface area contributed by atoms with Crippen molar-refractivity contribution in [3.05, 3.63) is 69.2 Å². The Kier molecular flexibility index (Phi) is 3.87. The van der Waals surface area contributed by atoms with Gasteiger partial charge in [0.15, 0.2) is 11.6 Å². The van der Waals surface area contributed by atoms with Crippen LogP contribution in [0.5, 0.6) is 0 Å². The van der Waals surface area contributed by atoms with E-state index in [1.165, 1.54) is 6.07 Å². The lowest BCUT2D eigenvalue weighted by Crippen LogP contribution is -2.35. The molecule has 1 unspecified atom stereocenters. The highest BCUT2D eigenvalue weighted by molar-refractivity contribution is 9.10. The molecule has 21 heavy (non-hydrogen) atoms. The van der Waals surface area contributed by atoms with Gasteiger partial charge in [0.05, 0.1) is 16.1 Å². The smallest absolute Gasteiger partial charge is 0.190 e. The lowest BCUT2D eigenvalue weighted by molar-refractivity contribution is 0.0931. The van der Waals surface area contributed by atoms with Crippen molar-refractivity contribution in [1.29, 1.82) is 0 Å². The molecule has 0 amide bonds. The topological polar surface area (TPSA) is 29.1 Å². The zero-order chi connectivity index (χ0) is 15.0. The molecular weight excluding hydrogens is 340 g/mol. The first-order valence-electron chi connectivity index (χ1n) is 6.58. The van der Waals surface area contributed by atoms with E-state index in [0.717, 1.165) is 23.6 Å². The number of fused-ring (bicyclic) bond motifs is 1. The van der Waals surface area contributed by atoms with Gasteiger partial charge in [-0.2, -0.15) is 0 Å². The number of hydrogen-bond acceptors (Lipinski definition) is 2. The van der Waals surface area contributed by atoms with Gasteiger partial charge in [-0.3, -0.25) is 4.79 Å². The monoisotopic (exact) mass is 351 g/mol. The zero-order valence-corrected chi connectivity index (χ0v) is 12.6. The molecule has 1 N–H and O–H groups in total.